The van der Waals surface area contributed by atoms with Gasteiger partial charge in [-0.1, -0.05) is 6.92 Å². The summed E-state index contributed by atoms with van der Waals surface area (Å²) < 4.78 is 11.2. The van der Waals surface area contributed by atoms with Crippen LogP contribution in [0.3, 0.4) is 0 Å². The van der Waals surface area contributed by atoms with E-state index >= 15 is 0 Å². The van der Waals surface area contributed by atoms with Crippen LogP contribution in [0.15, 0.2) is 27.4 Å². The molecule has 1 aliphatic heterocycles. The van der Waals surface area contributed by atoms with Crippen LogP contribution in [0.1, 0.15) is 37.3 Å². The SMILES string of the molecule is CC1CCN(C[C@H](O)COc2ccc3c4c(c(=O)oc3c2)CCC4)CC1. The van der Waals surface area contributed by atoms with Gasteiger partial charge in [-0.2, -0.15) is 0 Å². The van der Waals surface area contributed by atoms with Gasteiger partial charge in [-0.25, -0.2) is 4.79 Å². The van der Waals surface area contributed by atoms with Crippen LogP contribution in [0.2, 0.25) is 0 Å². The summed E-state index contributed by atoms with van der Waals surface area (Å²) in [6.45, 7) is 5.26. The monoisotopic (exact) mass is 357 g/mol. The van der Waals surface area contributed by atoms with Crippen LogP contribution in [-0.4, -0.2) is 42.4 Å². The van der Waals surface area contributed by atoms with Gasteiger partial charge < -0.3 is 19.2 Å². The fourth-order valence-corrected chi connectivity index (χ4v) is 4.14. The number of aliphatic hydroxyl groups excluding tert-OH is 1. The highest BCUT2D eigenvalue weighted by atomic mass is 16.5. The summed E-state index contributed by atoms with van der Waals surface area (Å²) in [5, 5.41) is 11.3. The second-order valence-electron chi connectivity index (χ2n) is 7.81. The number of β-amino-alcohol motifs (C(OH)–C–C–N with tert-alkyl or cyclic N) is 1. The zero-order valence-electron chi connectivity index (χ0n) is 15.4. The molecule has 1 aliphatic carbocycles. The molecule has 5 nitrogen and oxygen atoms in total. The van der Waals surface area contributed by atoms with Gasteiger partial charge in [0, 0.05) is 23.6 Å². The maximum Gasteiger partial charge on any atom is 0.339 e. The molecule has 2 heterocycles. The van der Waals surface area contributed by atoms with Gasteiger partial charge in [-0.15, -0.1) is 0 Å². The number of aliphatic hydroxyl groups is 1. The van der Waals surface area contributed by atoms with Crippen LogP contribution in [0, 0.1) is 5.92 Å². The molecule has 1 aromatic heterocycles. The van der Waals surface area contributed by atoms with Crippen LogP contribution in [0.25, 0.3) is 11.0 Å². The summed E-state index contributed by atoms with van der Waals surface area (Å²) >= 11 is 0. The first-order valence-electron chi connectivity index (χ1n) is 9.72. The lowest BCUT2D eigenvalue weighted by molar-refractivity contribution is 0.0563. The van der Waals surface area contributed by atoms with Gasteiger partial charge in [-0.3, -0.25) is 0 Å². The number of ether oxygens (including phenoxy) is 1. The maximum atomic E-state index is 12.1. The molecule has 0 radical (unpaired) electrons. The van der Waals surface area contributed by atoms with Gasteiger partial charge in [0.2, 0.25) is 0 Å². The zero-order valence-corrected chi connectivity index (χ0v) is 15.4. The van der Waals surface area contributed by atoms with Crippen LogP contribution < -0.4 is 10.4 Å². The third-order valence-corrected chi connectivity index (χ3v) is 5.73. The van der Waals surface area contributed by atoms with Gasteiger partial charge >= 0.3 is 5.63 Å². The molecule has 140 valence electrons. The first-order valence-corrected chi connectivity index (χ1v) is 9.72. The quantitative estimate of drug-likeness (QED) is 0.834. The normalized spacial score (nSPS) is 19.6. The first kappa shape index (κ1) is 17.6. The minimum atomic E-state index is -0.522. The van der Waals surface area contributed by atoms with Crippen molar-refractivity contribution < 1.29 is 14.3 Å². The van der Waals surface area contributed by atoms with Crippen molar-refractivity contribution in [1.29, 1.82) is 0 Å². The molecule has 0 unspecified atom stereocenters. The van der Waals surface area contributed by atoms with Crippen molar-refractivity contribution in [1.82, 2.24) is 4.90 Å². The minimum absolute atomic E-state index is 0.221. The molecule has 1 saturated heterocycles. The highest BCUT2D eigenvalue weighted by Gasteiger charge is 2.21. The number of rotatable bonds is 5. The number of hydrogen-bond donors (Lipinski definition) is 1. The van der Waals surface area contributed by atoms with E-state index in [1.54, 1.807) is 6.07 Å². The van der Waals surface area contributed by atoms with Crippen LogP contribution in [0.5, 0.6) is 5.75 Å². The Kier molecular flexibility index (Phi) is 5.00. The average Bonchev–Trinajstić information content (AvgIpc) is 3.12. The zero-order chi connectivity index (χ0) is 18.1. The largest absolute Gasteiger partial charge is 0.491 e. The summed E-state index contributed by atoms with van der Waals surface area (Å²) in [5.41, 5.74) is 2.31. The van der Waals surface area contributed by atoms with E-state index in [9.17, 15) is 9.90 Å². The third-order valence-electron chi connectivity index (χ3n) is 5.73. The molecule has 5 heteroatoms. The van der Waals surface area contributed by atoms with E-state index < -0.39 is 6.10 Å². The van der Waals surface area contributed by atoms with Crippen molar-refractivity contribution in [3.05, 3.63) is 39.7 Å². The summed E-state index contributed by atoms with van der Waals surface area (Å²) in [5.74, 6) is 1.42. The summed E-state index contributed by atoms with van der Waals surface area (Å²) in [7, 11) is 0. The van der Waals surface area contributed by atoms with Crippen LogP contribution >= 0.6 is 0 Å². The topological polar surface area (TPSA) is 62.9 Å². The second kappa shape index (κ2) is 7.41. The van der Waals surface area contributed by atoms with E-state index in [0.29, 0.717) is 17.9 Å². The molecule has 4 rings (SSSR count). The lowest BCUT2D eigenvalue weighted by Crippen LogP contribution is -2.40. The Morgan fingerprint density at radius 2 is 2.04 bits per heavy atom. The highest BCUT2D eigenvalue weighted by molar-refractivity contribution is 5.83. The molecule has 0 amide bonds. The molecular weight excluding hydrogens is 330 g/mol. The van der Waals surface area contributed by atoms with Crippen molar-refractivity contribution in [3.63, 3.8) is 0 Å². The molecular formula is C21H27NO4. The highest BCUT2D eigenvalue weighted by Crippen LogP contribution is 2.29. The van der Waals surface area contributed by atoms with Gasteiger partial charge in [0.25, 0.3) is 0 Å². The van der Waals surface area contributed by atoms with Gasteiger partial charge in [-0.05, 0) is 68.8 Å². The lowest BCUT2D eigenvalue weighted by Gasteiger charge is -2.31. The minimum Gasteiger partial charge on any atom is -0.491 e. The van der Waals surface area contributed by atoms with Crippen molar-refractivity contribution >= 4 is 11.0 Å². The molecule has 1 N–H and O–H groups in total. The predicted octanol–water partition coefficient (Wildman–Crippen LogP) is 2.75. The number of piperidine rings is 1. The number of hydrogen-bond acceptors (Lipinski definition) is 5. The summed E-state index contributed by atoms with van der Waals surface area (Å²) in [6, 6.07) is 5.64. The Morgan fingerprint density at radius 1 is 1.27 bits per heavy atom. The molecule has 0 bridgehead atoms. The smallest absolute Gasteiger partial charge is 0.339 e. The van der Waals surface area contributed by atoms with E-state index in [4.69, 9.17) is 9.15 Å². The van der Waals surface area contributed by atoms with Gasteiger partial charge in [0.05, 0.1) is 0 Å². The Morgan fingerprint density at radius 3 is 2.85 bits per heavy atom. The fraction of sp³-hybridized carbons (Fsp3) is 0.571. The third kappa shape index (κ3) is 3.64. The molecule has 1 atom stereocenters. The van der Waals surface area contributed by atoms with E-state index in [1.807, 2.05) is 12.1 Å². The van der Waals surface area contributed by atoms with Crippen LogP contribution in [-0.2, 0) is 12.8 Å². The Labute approximate surface area is 153 Å². The standard InChI is InChI=1S/C21H27NO4/c1-14-7-9-22(10-8-14)12-15(23)13-25-16-5-6-18-17-3-2-4-19(17)21(24)26-20(18)11-16/h5-6,11,14-15,23H,2-4,7-10,12-13H2,1H3/t15-/m0/s1. The first-order chi connectivity index (χ1) is 12.6. The second-order valence-corrected chi connectivity index (χ2v) is 7.81. The molecule has 2 aliphatic rings. The number of aryl methyl sites for hydroxylation is 1. The van der Waals surface area contributed by atoms with Crippen molar-refractivity contribution in [2.45, 2.75) is 45.1 Å². The molecule has 0 saturated carbocycles. The molecule has 1 aromatic carbocycles. The number of nitrogens with zero attached hydrogens (tertiary/aromatic N) is 1. The van der Waals surface area contributed by atoms with E-state index in [-0.39, 0.29) is 12.2 Å². The van der Waals surface area contributed by atoms with Crippen molar-refractivity contribution in [2.75, 3.05) is 26.2 Å². The van der Waals surface area contributed by atoms with Crippen LogP contribution in [0.4, 0.5) is 0 Å². The van der Waals surface area contributed by atoms with Gasteiger partial charge in [0.1, 0.15) is 24.0 Å². The van der Waals surface area contributed by atoms with Crippen molar-refractivity contribution in [2.24, 2.45) is 5.92 Å². The van der Waals surface area contributed by atoms with E-state index in [2.05, 4.69) is 11.8 Å². The number of benzene rings is 1. The van der Waals surface area contributed by atoms with E-state index in [0.717, 1.165) is 54.8 Å². The Balaban J connectivity index is 1.40. The van der Waals surface area contributed by atoms with Gasteiger partial charge in [0.15, 0.2) is 0 Å². The Hall–Kier alpha value is -1.85. The molecule has 26 heavy (non-hydrogen) atoms. The molecule has 2 aromatic rings. The lowest BCUT2D eigenvalue weighted by atomic mass is 9.99. The number of fused-ring (bicyclic) bond motifs is 3. The fourth-order valence-electron chi connectivity index (χ4n) is 4.14. The molecule has 0 spiro atoms. The predicted molar refractivity (Wildman–Crippen MR) is 101 cm³/mol. The summed E-state index contributed by atoms with van der Waals surface area (Å²) in [6.07, 6.45) is 4.63. The average molecular weight is 357 g/mol. The number of likely N-dealkylation sites (tertiary alicyclic amines) is 1. The van der Waals surface area contributed by atoms with E-state index in [1.165, 1.54) is 12.8 Å². The molecule has 1 fully saturated rings. The Bertz CT molecular complexity index is 836. The maximum absolute atomic E-state index is 12.1. The van der Waals surface area contributed by atoms with Crippen molar-refractivity contribution in [3.8, 4) is 5.75 Å². The summed E-state index contributed by atoms with van der Waals surface area (Å²) in [4.78, 5) is 14.4.